The summed E-state index contributed by atoms with van der Waals surface area (Å²) in [7, 11) is 0. The van der Waals surface area contributed by atoms with Crippen LogP contribution in [0.5, 0.6) is 5.75 Å². The lowest BCUT2D eigenvalue weighted by atomic mass is 9.87. The maximum absolute atomic E-state index is 12.1. The highest BCUT2D eigenvalue weighted by atomic mass is 16.5. The fraction of sp³-hybridized carbons (Fsp3) is 0.435. The molecule has 0 aromatic heterocycles. The second-order valence-electron chi connectivity index (χ2n) is 7.82. The molecule has 0 saturated carbocycles. The molecule has 0 bridgehead atoms. The van der Waals surface area contributed by atoms with Gasteiger partial charge in [0, 0.05) is 12.2 Å². The number of nitrogens with one attached hydrogen (secondary N) is 2. The Hall–Kier alpha value is -2.49. The number of urea groups is 1. The number of aryl methyl sites for hydroxylation is 2. The third kappa shape index (κ3) is 6.31. The second-order valence-corrected chi connectivity index (χ2v) is 7.82. The molecule has 2 rings (SSSR count). The van der Waals surface area contributed by atoms with Gasteiger partial charge in [-0.2, -0.15) is 0 Å². The van der Waals surface area contributed by atoms with E-state index in [0.717, 1.165) is 35.4 Å². The monoisotopic (exact) mass is 368 g/mol. The van der Waals surface area contributed by atoms with E-state index in [1.165, 1.54) is 5.56 Å². The molecule has 4 nitrogen and oxygen atoms in total. The second kappa shape index (κ2) is 9.45. The van der Waals surface area contributed by atoms with E-state index in [2.05, 4.69) is 50.5 Å². The Labute approximate surface area is 163 Å². The largest absolute Gasteiger partial charge is 0.494 e. The van der Waals surface area contributed by atoms with Gasteiger partial charge < -0.3 is 15.4 Å². The third-order valence-electron chi connectivity index (χ3n) is 4.57. The lowest BCUT2D eigenvalue weighted by molar-refractivity contribution is 0.250. The van der Waals surface area contributed by atoms with Gasteiger partial charge in [-0.25, -0.2) is 4.79 Å². The van der Waals surface area contributed by atoms with E-state index in [9.17, 15) is 4.79 Å². The molecule has 146 valence electrons. The summed E-state index contributed by atoms with van der Waals surface area (Å²) in [4.78, 5) is 12.1. The topological polar surface area (TPSA) is 50.4 Å². The number of benzene rings is 2. The van der Waals surface area contributed by atoms with Crippen LogP contribution in [0.25, 0.3) is 0 Å². The van der Waals surface area contributed by atoms with Crippen molar-refractivity contribution in [3.63, 3.8) is 0 Å². The van der Waals surface area contributed by atoms with Crippen molar-refractivity contribution in [3.05, 3.63) is 59.2 Å². The summed E-state index contributed by atoms with van der Waals surface area (Å²) >= 11 is 0. The molecule has 0 saturated heterocycles. The Morgan fingerprint density at radius 1 is 1.07 bits per heavy atom. The Kier molecular flexibility index (Phi) is 7.28. The summed E-state index contributed by atoms with van der Waals surface area (Å²) in [6.07, 6.45) is 1.64. The lowest BCUT2D eigenvalue weighted by Crippen LogP contribution is -2.30. The van der Waals surface area contributed by atoms with Crippen molar-refractivity contribution < 1.29 is 9.53 Å². The molecular weight excluding hydrogens is 336 g/mol. The molecule has 2 amide bonds. The number of para-hydroxylation sites is 1. The van der Waals surface area contributed by atoms with Gasteiger partial charge in [0.1, 0.15) is 5.75 Å². The Morgan fingerprint density at radius 2 is 1.78 bits per heavy atom. The summed E-state index contributed by atoms with van der Waals surface area (Å²) in [6.45, 7) is 11.8. The molecule has 0 fully saturated rings. The van der Waals surface area contributed by atoms with Crippen LogP contribution in [0.2, 0.25) is 0 Å². The zero-order valence-electron chi connectivity index (χ0n) is 17.2. The normalized spacial score (nSPS) is 11.1. The fourth-order valence-corrected chi connectivity index (χ4v) is 2.88. The van der Waals surface area contributed by atoms with Crippen molar-refractivity contribution in [1.29, 1.82) is 0 Å². The van der Waals surface area contributed by atoms with Crippen LogP contribution >= 0.6 is 0 Å². The summed E-state index contributed by atoms with van der Waals surface area (Å²) in [5, 5.41) is 5.86. The number of carbonyl (C=O) groups excluding carboxylic acids is 1. The Bertz CT molecular complexity index is 746. The number of anilines is 1. The number of rotatable bonds is 7. The van der Waals surface area contributed by atoms with E-state index in [4.69, 9.17) is 4.74 Å². The molecule has 0 heterocycles. The summed E-state index contributed by atoms with van der Waals surface area (Å²) in [5.41, 5.74) is 4.56. The molecule has 0 aliphatic rings. The van der Waals surface area contributed by atoms with Crippen molar-refractivity contribution in [2.24, 2.45) is 0 Å². The van der Waals surface area contributed by atoms with Crippen molar-refractivity contribution in [2.75, 3.05) is 18.5 Å². The molecule has 27 heavy (non-hydrogen) atoms. The van der Waals surface area contributed by atoms with Crippen LogP contribution in [0.4, 0.5) is 10.5 Å². The zero-order valence-corrected chi connectivity index (χ0v) is 17.2. The van der Waals surface area contributed by atoms with Crippen molar-refractivity contribution >= 4 is 11.7 Å². The standard InChI is InChI=1S/C23H32N2O2/c1-6-18-10-7-9-17(2)21(18)25-22(26)24-15-8-16-27-20-13-11-19(12-14-20)23(3,4)5/h7,9-14H,6,8,15-16H2,1-5H3,(H2,24,25,26). The minimum absolute atomic E-state index is 0.143. The molecule has 2 aromatic carbocycles. The van der Waals surface area contributed by atoms with Gasteiger partial charge in [-0.15, -0.1) is 0 Å². The quantitative estimate of drug-likeness (QED) is 0.639. The van der Waals surface area contributed by atoms with E-state index in [0.29, 0.717) is 13.2 Å². The van der Waals surface area contributed by atoms with Crippen LogP contribution in [0, 0.1) is 6.92 Å². The number of hydrogen-bond donors (Lipinski definition) is 2. The van der Waals surface area contributed by atoms with Gasteiger partial charge in [0.2, 0.25) is 0 Å². The van der Waals surface area contributed by atoms with Gasteiger partial charge in [-0.3, -0.25) is 0 Å². The van der Waals surface area contributed by atoms with E-state index in [1.807, 2.05) is 37.3 Å². The summed E-state index contributed by atoms with van der Waals surface area (Å²) in [6, 6.07) is 14.1. The summed E-state index contributed by atoms with van der Waals surface area (Å²) in [5.74, 6) is 0.861. The van der Waals surface area contributed by atoms with E-state index >= 15 is 0 Å². The van der Waals surface area contributed by atoms with Crippen molar-refractivity contribution in [2.45, 2.75) is 52.9 Å². The number of hydrogen-bond acceptors (Lipinski definition) is 2. The molecule has 0 spiro atoms. The number of amides is 2. The molecule has 0 radical (unpaired) electrons. The molecule has 0 unspecified atom stereocenters. The minimum Gasteiger partial charge on any atom is -0.494 e. The van der Waals surface area contributed by atoms with Crippen LogP contribution < -0.4 is 15.4 Å². The molecule has 4 heteroatoms. The first-order chi connectivity index (χ1) is 12.8. The van der Waals surface area contributed by atoms with Crippen LogP contribution in [0.15, 0.2) is 42.5 Å². The highest BCUT2D eigenvalue weighted by Gasteiger charge is 2.13. The average Bonchev–Trinajstić information content (AvgIpc) is 2.62. The Morgan fingerprint density at radius 3 is 2.41 bits per heavy atom. The maximum Gasteiger partial charge on any atom is 0.319 e. The third-order valence-corrected chi connectivity index (χ3v) is 4.57. The van der Waals surface area contributed by atoms with E-state index in [-0.39, 0.29) is 11.4 Å². The first-order valence-corrected chi connectivity index (χ1v) is 9.68. The smallest absolute Gasteiger partial charge is 0.319 e. The van der Waals surface area contributed by atoms with Crippen molar-refractivity contribution in [1.82, 2.24) is 5.32 Å². The van der Waals surface area contributed by atoms with Gasteiger partial charge >= 0.3 is 6.03 Å². The maximum atomic E-state index is 12.1. The number of carbonyl (C=O) groups is 1. The van der Waals surface area contributed by atoms with Crippen molar-refractivity contribution in [3.8, 4) is 5.75 Å². The van der Waals surface area contributed by atoms with Crippen LogP contribution in [-0.4, -0.2) is 19.2 Å². The zero-order chi connectivity index (χ0) is 19.9. The highest BCUT2D eigenvalue weighted by Crippen LogP contribution is 2.24. The molecular formula is C23H32N2O2. The fourth-order valence-electron chi connectivity index (χ4n) is 2.88. The first-order valence-electron chi connectivity index (χ1n) is 9.68. The van der Waals surface area contributed by atoms with E-state index < -0.39 is 0 Å². The van der Waals surface area contributed by atoms with Gasteiger partial charge in [-0.1, -0.05) is 58.0 Å². The molecule has 0 aliphatic heterocycles. The average molecular weight is 369 g/mol. The SMILES string of the molecule is CCc1cccc(C)c1NC(=O)NCCCOc1ccc(C(C)(C)C)cc1. The molecule has 0 aliphatic carbocycles. The van der Waals surface area contributed by atoms with E-state index in [1.54, 1.807) is 0 Å². The predicted molar refractivity (Wildman–Crippen MR) is 113 cm³/mol. The molecule has 2 N–H and O–H groups in total. The first kappa shape index (κ1) is 20.8. The molecule has 2 aromatic rings. The van der Waals surface area contributed by atoms with Gasteiger partial charge in [0.25, 0.3) is 0 Å². The lowest BCUT2D eigenvalue weighted by Gasteiger charge is -2.19. The summed E-state index contributed by atoms with van der Waals surface area (Å²) < 4.78 is 5.76. The van der Waals surface area contributed by atoms with Crippen LogP contribution in [0.3, 0.4) is 0 Å². The van der Waals surface area contributed by atoms with Crippen LogP contribution in [-0.2, 0) is 11.8 Å². The minimum atomic E-state index is -0.173. The van der Waals surface area contributed by atoms with Gasteiger partial charge in [0.05, 0.1) is 6.61 Å². The van der Waals surface area contributed by atoms with Gasteiger partial charge in [0.15, 0.2) is 0 Å². The molecule has 0 atom stereocenters. The predicted octanol–water partition coefficient (Wildman–Crippen LogP) is 5.45. The highest BCUT2D eigenvalue weighted by molar-refractivity contribution is 5.91. The number of ether oxygens (including phenoxy) is 1. The Balaban J connectivity index is 1.72. The van der Waals surface area contributed by atoms with Gasteiger partial charge in [-0.05, 0) is 54.0 Å². The van der Waals surface area contributed by atoms with Crippen LogP contribution in [0.1, 0.15) is 50.8 Å².